The Labute approximate surface area is 187 Å². The van der Waals surface area contributed by atoms with E-state index in [0.29, 0.717) is 0 Å². The highest BCUT2D eigenvalue weighted by atomic mass is 15.3. The van der Waals surface area contributed by atoms with Gasteiger partial charge >= 0.3 is 0 Å². The Morgan fingerprint density at radius 1 is 0.567 bits per heavy atom. The van der Waals surface area contributed by atoms with Crippen molar-refractivity contribution in [3.63, 3.8) is 0 Å². The van der Waals surface area contributed by atoms with Crippen molar-refractivity contribution in [3.05, 3.63) is 48.3 Å². The van der Waals surface area contributed by atoms with Crippen molar-refractivity contribution in [3.8, 4) is 0 Å². The lowest BCUT2D eigenvalue weighted by molar-refractivity contribution is 0.256. The van der Waals surface area contributed by atoms with Gasteiger partial charge in [0.1, 0.15) is 0 Å². The van der Waals surface area contributed by atoms with Gasteiger partial charge in [-0.15, -0.1) is 0 Å². The van der Waals surface area contributed by atoms with Crippen LogP contribution in [-0.2, 0) is 6.54 Å². The minimum absolute atomic E-state index is 1.02. The lowest BCUT2D eigenvalue weighted by Gasteiger charge is -2.21. The quantitative estimate of drug-likeness (QED) is 0.210. The van der Waals surface area contributed by atoms with Gasteiger partial charge < -0.3 is 9.80 Å². The Morgan fingerprint density at radius 2 is 1.03 bits per heavy atom. The van der Waals surface area contributed by atoms with Crippen LogP contribution in [0.25, 0.3) is 0 Å². The largest absolute Gasteiger partial charge is 0.359 e. The normalized spacial score (nSPS) is 13.5. The van der Waals surface area contributed by atoms with E-state index in [1.807, 2.05) is 0 Å². The molecule has 1 aromatic carbocycles. The van der Waals surface area contributed by atoms with Crippen molar-refractivity contribution in [2.75, 3.05) is 13.2 Å². The molecule has 170 valence electrons. The van der Waals surface area contributed by atoms with E-state index in [2.05, 4.69) is 59.5 Å². The smallest absolute Gasteiger partial charge is 0.0897 e. The van der Waals surface area contributed by atoms with Crippen molar-refractivity contribution in [1.82, 2.24) is 9.80 Å². The molecule has 0 amide bonds. The summed E-state index contributed by atoms with van der Waals surface area (Å²) in [6, 6.07) is 10.8. The fourth-order valence-corrected chi connectivity index (χ4v) is 4.45. The third-order valence-corrected chi connectivity index (χ3v) is 6.38. The van der Waals surface area contributed by atoms with Crippen LogP contribution in [0.5, 0.6) is 0 Å². The Kier molecular flexibility index (Phi) is 14.3. The van der Waals surface area contributed by atoms with Crippen LogP contribution in [0.4, 0.5) is 0 Å². The monoisotopic (exact) mass is 412 g/mol. The Balaban J connectivity index is 1.30. The zero-order valence-corrected chi connectivity index (χ0v) is 19.9. The Hall–Kier alpha value is -1.44. The molecular weight excluding hydrogens is 364 g/mol. The zero-order chi connectivity index (χ0) is 21.1. The summed E-state index contributed by atoms with van der Waals surface area (Å²) >= 11 is 0. The molecule has 0 saturated heterocycles. The van der Waals surface area contributed by atoms with Crippen molar-refractivity contribution in [2.24, 2.45) is 0 Å². The maximum absolute atomic E-state index is 2.47. The Morgan fingerprint density at radius 3 is 1.57 bits per heavy atom. The summed E-state index contributed by atoms with van der Waals surface area (Å²) in [5, 5.41) is 0. The van der Waals surface area contributed by atoms with Gasteiger partial charge in [-0.05, 0) is 12.0 Å². The van der Waals surface area contributed by atoms with Crippen molar-refractivity contribution in [1.29, 1.82) is 0 Å². The van der Waals surface area contributed by atoms with Gasteiger partial charge in [-0.25, -0.2) is 0 Å². The minimum Gasteiger partial charge on any atom is -0.359 e. The van der Waals surface area contributed by atoms with Gasteiger partial charge in [0.05, 0.1) is 6.67 Å². The van der Waals surface area contributed by atoms with Crippen molar-refractivity contribution < 1.29 is 0 Å². The summed E-state index contributed by atoms with van der Waals surface area (Å²) < 4.78 is 0. The zero-order valence-electron chi connectivity index (χ0n) is 19.9. The third-order valence-electron chi connectivity index (χ3n) is 6.38. The second-order valence-corrected chi connectivity index (χ2v) is 9.29. The summed E-state index contributed by atoms with van der Waals surface area (Å²) in [6.07, 6.45) is 27.5. The molecule has 2 rings (SSSR count). The molecule has 0 aromatic heterocycles. The first-order valence-corrected chi connectivity index (χ1v) is 13.1. The molecule has 0 fully saturated rings. The summed E-state index contributed by atoms with van der Waals surface area (Å²) in [6.45, 7) is 5.58. The van der Waals surface area contributed by atoms with E-state index in [1.54, 1.807) is 0 Å². The topological polar surface area (TPSA) is 6.48 Å². The Bertz CT molecular complexity index is 525. The fraction of sp³-hybridized carbons (Fsp3) is 0.714. The number of rotatable bonds is 19. The highest BCUT2D eigenvalue weighted by Gasteiger charge is 2.11. The van der Waals surface area contributed by atoms with E-state index >= 15 is 0 Å². The molecule has 0 aliphatic carbocycles. The van der Waals surface area contributed by atoms with Crippen LogP contribution in [0.2, 0.25) is 0 Å². The van der Waals surface area contributed by atoms with E-state index in [4.69, 9.17) is 0 Å². The number of unbranched alkanes of at least 4 members (excludes halogenated alkanes) is 15. The van der Waals surface area contributed by atoms with Gasteiger partial charge in [-0.1, -0.05) is 134 Å². The first-order valence-electron chi connectivity index (χ1n) is 13.1. The lowest BCUT2D eigenvalue weighted by atomic mass is 10.0. The van der Waals surface area contributed by atoms with E-state index in [-0.39, 0.29) is 0 Å². The molecule has 0 spiro atoms. The van der Waals surface area contributed by atoms with E-state index < -0.39 is 0 Å². The van der Waals surface area contributed by atoms with Crippen LogP contribution < -0.4 is 0 Å². The van der Waals surface area contributed by atoms with Gasteiger partial charge in [-0.3, -0.25) is 0 Å². The number of hydrogen-bond acceptors (Lipinski definition) is 2. The summed E-state index contributed by atoms with van der Waals surface area (Å²) in [4.78, 5) is 4.87. The number of hydrogen-bond donors (Lipinski definition) is 0. The maximum atomic E-state index is 2.47. The highest BCUT2D eigenvalue weighted by Crippen LogP contribution is 2.15. The number of nitrogens with zero attached hydrogens (tertiary/aromatic N) is 2. The third kappa shape index (κ3) is 12.3. The van der Waals surface area contributed by atoms with Crippen LogP contribution in [-0.4, -0.2) is 23.0 Å². The van der Waals surface area contributed by atoms with Crippen LogP contribution in [0.1, 0.15) is 115 Å². The predicted octanol–water partition coefficient (Wildman–Crippen LogP) is 8.49. The molecular formula is C28H48N2. The number of benzene rings is 1. The molecule has 1 aliphatic rings. The molecule has 30 heavy (non-hydrogen) atoms. The average Bonchev–Trinajstić information content (AvgIpc) is 3.21. The molecule has 1 aromatic rings. The molecule has 0 atom stereocenters. The van der Waals surface area contributed by atoms with E-state index in [9.17, 15) is 0 Å². The molecule has 2 heteroatoms. The standard InChI is InChI=1S/C28H48N2/c1-2-3-4-5-6-7-8-9-10-11-12-13-14-15-16-20-23-29-24-25-30(27-29)26-28-21-18-17-19-22-28/h17-19,21-22,24-25H,2-16,20,23,26-27H2,1H3. The minimum atomic E-state index is 1.02. The van der Waals surface area contributed by atoms with Crippen molar-refractivity contribution >= 4 is 0 Å². The summed E-state index contributed by atoms with van der Waals surface area (Å²) in [7, 11) is 0. The molecule has 0 bridgehead atoms. The summed E-state index contributed by atoms with van der Waals surface area (Å²) in [5.41, 5.74) is 1.39. The average molecular weight is 413 g/mol. The molecule has 0 saturated carbocycles. The molecule has 2 nitrogen and oxygen atoms in total. The first kappa shape index (κ1) is 24.8. The summed E-state index contributed by atoms with van der Waals surface area (Å²) in [5.74, 6) is 0. The second-order valence-electron chi connectivity index (χ2n) is 9.29. The molecule has 0 radical (unpaired) electrons. The van der Waals surface area contributed by atoms with Crippen molar-refractivity contribution in [2.45, 2.75) is 116 Å². The van der Waals surface area contributed by atoms with Crippen LogP contribution in [0.15, 0.2) is 42.7 Å². The predicted molar refractivity (Wildman–Crippen MR) is 132 cm³/mol. The van der Waals surface area contributed by atoms with Gasteiger partial charge in [0.25, 0.3) is 0 Å². The maximum Gasteiger partial charge on any atom is 0.0897 e. The van der Waals surface area contributed by atoms with Gasteiger partial charge in [0.15, 0.2) is 0 Å². The van der Waals surface area contributed by atoms with Gasteiger partial charge in [0.2, 0.25) is 0 Å². The van der Waals surface area contributed by atoms with E-state index in [0.717, 1.165) is 13.2 Å². The van der Waals surface area contributed by atoms with E-state index in [1.165, 1.54) is 115 Å². The molecule has 1 heterocycles. The van der Waals surface area contributed by atoms with Crippen LogP contribution in [0.3, 0.4) is 0 Å². The molecule has 0 N–H and O–H groups in total. The highest BCUT2D eigenvalue weighted by molar-refractivity contribution is 5.15. The van der Waals surface area contributed by atoms with Crippen LogP contribution in [0, 0.1) is 0 Å². The second kappa shape index (κ2) is 17.3. The lowest BCUT2D eigenvalue weighted by Crippen LogP contribution is -2.25. The fourth-order valence-electron chi connectivity index (χ4n) is 4.45. The van der Waals surface area contributed by atoms with Gasteiger partial charge in [0, 0.05) is 25.5 Å². The first-order chi connectivity index (χ1) is 14.9. The molecule has 1 aliphatic heterocycles. The SMILES string of the molecule is CCCCCCCCCCCCCCCCCCN1C=CN(Cc2ccccc2)C1. The van der Waals surface area contributed by atoms with Crippen LogP contribution >= 0.6 is 0 Å². The molecule has 0 unspecified atom stereocenters. The van der Waals surface area contributed by atoms with Gasteiger partial charge in [-0.2, -0.15) is 0 Å².